The number of nitrogens with one attached hydrogen (secondary N) is 1. The summed E-state index contributed by atoms with van der Waals surface area (Å²) >= 11 is 0. The summed E-state index contributed by atoms with van der Waals surface area (Å²) in [7, 11) is 0. The van der Waals surface area contributed by atoms with Gasteiger partial charge in [-0.15, -0.1) is 17.0 Å². The Bertz CT molecular complexity index is 613. The van der Waals surface area contributed by atoms with E-state index in [0.717, 1.165) is 36.0 Å². The fourth-order valence-corrected chi connectivity index (χ4v) is 2.41. The van der Waals surface area contributed by atoms with E-state index in [1.165, 1.54) is 19.3 Å². The normalized spacial score (nSPS) is 14.3. The van der Waals surface area contributed by atoms with Crippen LogP contribution < -0.4 is 10.1 Å². The molecule has 0 aliphatic carbocycles. The number of amidine groups is 1. The molecular formula is C18H21BrN2O. The molecule has 22 heavy (non-hydrogen) atoms. The summed E-state index contributed by atoms with van der Waals surface area (Å²) in [6.07, 6.45) is 4.66. The van der Waals surface area contributed by atoms with E-state index < -0.39 is 0 Å². The van der Waals surface area contributed by atoms with Crippen molar-refractivity contribution in [1.29, 1.82) is 0 Å². The highest BCUT2D eigenvalue weighted by Gasteiger charge is 2.08. The third-order valence-corrected chi connectivity index (χ3v) is 3.51. The molecule has 4 heteroatoms. The minimum atomic E-state index is 0. The predicted octanol–water partition coefficient (Wildman–Crippen LogP) is 5.44. The van der Waals surface area contributed by atoms with Crippen molar-refractivity contribution in [3.05, 3.63) is 54.6 Å². The second-order valence-corrected chi connectivity index (χ2v) is 5.18. The number of nitrogens with zero attached hydrogens (tertiary/aromatic N) is 1. The van der Waals surface area contributed by atoms with Gasteiger partial charge in [-0.05, 0) is 37.1 Å². The van der Waals surface area contributed by atoms with Crippen molar-refractivity contribution in [2.75, 3.05) is 11.9 Å². The molecular weight excluding hydrogens is 340 g/mol. The van der Waals surface area contributed by atoms with Gasteiger partial charge in [-0.1, -0.05) is 36.8 Å². The average molecular weight is 361 g/mol. The number of halogens is 1. The van der Waals surface area contributed by atoms with Crippen molar-refractivity contribution < 1.29 is 4.74 Å². The van der Waals surface area contributed by atoms with Crippen LogP contribution in [0.3, 0.4) is 0 Å². The highest BCUT2D eigenvalue weighted by Crippen LogP contribution is 2.29. The summed E-state index contributed by atoms with van der Waals surface area (Å²) in [5, 5.41) is 3.43. The molecule has 0 amide bonds. The second-order valence-electron chi connectivity index (χ2n) is 5.18. The van der Waals surface area contributed by atoms with Gasteiger partial charge in [0.2, 0.25) is 0 Å². The number of benzene rings is 2. The number of rotatable bonds is 3. The molecule has 0 fully saturated rings. The van der Waals surface area contributed by atoms with Crippen molar-refractivity contribution in [3.8, 4) is 11.5 Å². The van der Waals surface area contributed by atoms with E-state index in [2.05, 4.69) is 10.3 Å². The zero-order chi connectivity index (χ0) is 14.3. The summed E-state index contributed by atoms with van der Waals surface area (Å²) < 4.78 is 5.96. The van der Waals surface area contributed by atoms with Crippen LogP contribution in [0.1, 0.15) is 25.7 Å². The number of anilines is 1. The van der Waals surface area contributed by atoms with E-state index in [1.54, 1.807) is 0 Å². The molecule has 1 aliphatic rings. The fraction of sp³-hybridized carbons (Fsp3) is 0.278. The lowest BCUT2D eigenvalue weighted by molar-refractivity contribution is 0.485. The lowest BCUT2D eigenvalue weighted by Gasteiger charge is -2.14. The van der Waals surface area contributed by atoms with Gasteiger partial charge in [0, 0.05) is 13.0 Å². The first kappa shape index (κ1) is 16.6. The first-order chi connectivity index (χ1) is 10.4. The van der Waals surface area contributed by atoms with E-state index in [0.29, 0.717) is 0 Å². The van der Waals surface area contributed by atoms with Crippen molar-refractivity contribution >= 4 is 28.5 Å². The Labute approximate surface area is 142 Å². The minimum Gasteiger partial charge on any atom is -0.455 e. The summed E-state index contributed by atoms with van der Waals surface area (Å²) in [4.78, 5) is 4.62. The SMILES string of the molecule is Br.c1ccc(Oc2ccccc2NC2=NCCCCC2)cc1. The lowest BCUT2D eigenvalue weighted by atomic mass is 10.2. The Hall–Kier alpha value is -1.81. The van der Waals surface area contributed by atoms with Crippen molar-refractivity contribution in [3.63, 3.8) is 0 Å². The zero-order valence-corrected chi connectivity index (χ0v) is 14.2. The molecule has 0 unspecified atom stereocenters. The van der Waals surface area contributed by atoms with Gasteiger partial charge in [-0.25, -0.2) is 0 Å². The Morgan fingerprint density at radius 3 is 2.50 bits per heavy atom. The molecule has 0 aromatic heterocycles. The molecule has 1 N–H and O–H groups in total. The smallest absolute Gasteiger partial charge is 0.150 e. The fourth-order valence-electron chi connectivity index (χ4n) is 2.41. The van der Waals surface area contributed by atoms with Crippen LogP contribution in [0, 0.1) is 0 Å². The van der Waals surface area contributed by atoms with Gasteiger partial charge in [-0.3, -0.25) is 4.99 Å². The predicted molar refractivity (Wildman–Crippen MR) is 97.7 cm³/mol. The third-order valence-electron chi connectivity index (χ3n) is 3.51. The van der Waals surface area contributed by atoms with Gasteiger partial charge in [0.15, 0.2) is 5.75 Å². The van der Waals surface area contributed by atoms with Crippen LogP contribution in [-0.2, 0) is 0 Å². The molecule has 2 aromatic rings. The highest BCUT2D eigenvalue weighted by atomic mass is 79.9. The Morgan fingerprint density at radius 2 is 1.64 bits per heavy atom. The van der Waals surface area contributed by atoms with Crippen LogP contribution in [0.4, 0.5) is 5.69 Å². The number of ether oxygens (including phenoxy) is 1. The van der Waals surface area contributed by atoms with Crippen LogP contribution >= 0.6 is 17.0 Å². The highest BCUT2D eigenvalue weighted by molar-refractivity contribution is 8.93. The van der Waals surface area contributed by atoms with E-state index in [4.69, 9.17) is 4.74 Å². The monoisotopic (exact) mass is 360 g/mol. The molecule has 3 rings (SSSR count). The van der Waals surface area contributed by atoms with Crippen molar-refractivity contribution in [1.82, 2.24) is 0 Å². The average Bonchev–Trinajstić information content (AvgIpc) is 2.79. The van der Waals surface area contributed by atoms with E-state index >= 15 is 0 Å². The largest absolute Gasteiger partial charge is 0.455 e. The topological polar surface area (TPSA) is 33.6 Å². The van der Waals surface area contributed by atoms with E-state index in [9.17, 15) is 0 Å². The number of hydrogen-bond acceptors (Lipinski definition) is 3. The van der Waals surface area contributed by atoms with Crippen LogP contribution in [0.15, 0.2) is 59.6 Å². The quantitative estimate of drug-likeness (QED) is 0.790. The van der Waals surface area contributed by atoms with Gasteiger partial charge in [-0.2, -0.15) is 0 Å². The van der Waals surface area contributed by atoms with Crippen LogP contribution in [0.2, 0.25) is 0 Å². The molecule has 1 heterocycles. The molecule has 0 radical (unpaired) electrons. The molecule has 0 saturated carbocycles. The van der Waals surface area contributed by atoms with Gasteiger partial charge in [0.05, 0.1) is 5.69 Å². The molecule has 1 aliphatic heterocycles. The molecule has 0 bridgehead atoms. The summed E-state index contributed by atoms with van der Waals surface area (Å²) in [6.45, 7) is 0.921. The molecule has 0 atom stereocenters. The Balaban J connectivity index is 0.00000176. The van der Waals surface area contributed by atoms with Gasteiger partial charge >= 0.3 is 0 Å². The summed E-state index contributed by atoms with van der Waals surface area (Å²) in [5.74, 6) is 2.74. The van der Waals surface area contributed by atoms with E-state index in [-0.39, 0.29) is 17.0 Å². The molecule has 0 saturated heterocycles. The van der Waals surface area contributed by atoms with Crippen LogP contribution in [0.5, 0.6) is 11.5 Å². The lowest BCUT2D eigenvalue weighted by Crippen LogP contribution is -2.12. The van der Waals surface area contributed by atoms with Crippen molar-refractivity contribution in [2.24, 2.45) is 4.99 Å². The van der Waals surface area contributed by atoms with Gasteiger partial charge in [0.1, 0.15) is 11.6 Å². The maximum atomic E-state index is 5.96. The first-order valence-corrected chi connectivity index (χ1v) is 7.54. The maximum Gasteiger partial charge on any atom is 0.150 e. The number of para-hydroxylation sites is 3. The van der Waals surface area contributed by atoms with Gasteiger partial charge < -0.3 is 10.1 Å². The molecule has 3 nitrogen and oxygen atoms in total. The number of hydrogen-bond donors (Lipinski definition) is 1. The van der Waals surface area contributed by atoms with Crippen LogP contribution in [-0.4, -0.2) is 12.4 Å². The minimum absolute atomic E-state index is 0. The number of aliphatic imine (C=N–C) groups is 1. The first-order valence-electron chi connectivity index (χ1n) is 7.54. The third kappa shape index (κ3) is 4.60. The summed E-state index contributed by atoms with van der Waals surface area (Å²) in [5.41, 5.74) is 0.974. The molecule has 2 aromatic carbocycles. The van der Waals surface area contributed by atoms with E-state index in [1.807, 2.05) is 54.6 Å². The maximum absolute atomic E-state index is 5.96. The van der Waals surface area contributed by atoms with Crippen molar-refractivity contribution in [2.45, 2.75) is 25.7 Å². The zero-order valence-electron chi connectivity index (χ0n) is 12.5. The molecule has 0 spiro atoms. The van der Waals surface area contributed by atoms with Crippen LogP contribution in [0.25, 0.3) is 0 Å². The summed E-state index contributed by atoms with van der Waals surface area (Å²) in [6, 6.07) is 17.9. The standard InChI is InChI=1S/C18H20N2O.BrH/c1-3-9-15(10-4-1)21-17-12-7-6-11-16(17)20-18-13-5-2-8-14-19-18;/h1,3-4,6-7,9-12H,2,5,8,13-14H2,(H,19,20);1H. The Morgan fingerprint density at radius 1 is 0.864 bits per heavy atom. The van der Waals surface area contributed by atoms with Gasteiger partial charge in [0.25, 0.3) is 0 Å². The second kappa shape index (κ2) is 8.59. The Kier molecular flexibility index (Phi) is 6.46. The molecule has 116 valence electrons.